The molecule has 0 saturated carbocycles. The Morgan fingerprint density at radius 1 is 1.45 bits per heavy atom. The lowest BCUT2D eigenvalue weighted by atomic mass is 10.1. The van der Waals surface area contributed by atoms with E-state index in [1.54, 1.807) is 0 Å². The number of nitrogens with one attached hydrogen (secondary N) is 1. The fourth-order valence-corrected chi connectivity index (χ4v) is 2.92. The van der Waals surface area contributed by atoms with Gasteiger partial charge in [-0.25, -0.2) is 4.79 Å². The molecule has 0 spiro atoms. The number of carbonyl (C=O) groups excluding carboxylic acids is 1. The van der Waals surface area contributed by atoms with Gasteiger partial charge in [0.2, 0.25) is 0 Å². The highest BCUT2D eigenvalue weighted by Crippen LogP contribution is 2.32. The summed E-state index contributed by atoms with van der Waals surface area (Å²) in [6.07, 6.45) is 2.86. The van der Waals surface area contributed by atoms with Crippen molar-refractivity contribution < 1.29 is 9.32 Å². The maximum Gasteiger partial charge on any atom is 0.322 e. The molecule has 1 fully saturated rings. The molecule has 1 aliphatic rings. The molecule has 2 aromatic rings. The van der Waals surface area contributed by atoms with Crippen LogP contribution in [-0.2, 0) is 6.42 Å². The molecule has 1 N–H and O–H groups in total. The van der Waals surface area contributed by atoms with Crippen LogP contribution in [0.2, 0.25) is 0 Å². The highest BCUT2D eigenvalue weighted by molar-refractivity contribution is 5.89. The lowest BCUT2D eigenvalue weighted by Gasteiger charge is -2.23. The number of hydrogen-bond acceptors (Lipinski definition) is 3. The molecule has 1 atom stereocenters. The van der Waals surface area contributed by atoms with E-state index >= 15 is 0 Å². The first-order valence-electron chi connectivity index (χ1n) is 7.77. The second-order valence-corrected chi connectivity index (χ2v) is 5.70. The largest absolute Gasteiger partial charge is 0.361 e. The lowest BCUT2D eigenvalue weighted by Crippen LogP contribution is -2.34. The Morgan fingerprint density at radius 2 is 2.32 bits per heavy atom. The molecular weight excluding hydrogens is 278 g/mol. The molecule has 0 aliphatic carbocycles. The number of hydrogen-bond donors (Lipinski definition) is 1. The molecule has 2 amide bonds. The van der Waals surface area contributed by atoms with E-state index in [0.29, 0.717) is 0 Å². The monoisotopic (exact) mass is 299 g/mol. The van der Waals surface area contributed by atoms with Gasteiger partial charge in [0.25, 0.3) is 0 Å². The number of carbonyl (C=O) groups is 1. The fourth-order valence-electron chi connectivity index (χ4n) is 2.92. The van der Waals surface area contributed by atoms with Crippen LogP contribution >= 0.6 is 0 Å². The Hall–Kier alpha value is -2.30. The topological polar surface area (TPSA) is 58.4 Å². The van der Waals surface area contributed by atoms with E-state index in [1.807, 2.05) is 36.1 Å². The maximum atomic E-state index is 12.6. The molecule has 1 aromatic carbocycles. The quantitative estimate of drug-likeness (QED) is 0.934. The lowest BCUT2D eigenvalue weighted by molar-refractivity contribution is 0.204. The van der Waals surface area contributed by atoms with E-state index in [4.69, 9.17) is 4.52 Å². The van der Waals surface area contributed by atoms with Crippen molar-refractivity contribution in [1.29, 1.82) is 0 Å². The molecule has 1 saturated heterocycles. The van der Waals surface area contributed by atoms with Gasteiger partial charge < -0.3 is 14.7 Å². The summed E-state index contributed by atoms with van der Waals surface area (Å²) < 4.78 is 5.15. The number of aromatic nitrogens is 1. The van der Waals surface area contributed by atoms with E-state index in [9.17, 15) is 4.79 Å². The third-order valence-electron chi connectivity index (χ3n) is 4.09. The van der Waals surface area contributed by atoms with Gasteiger partial charge in [-0.2, -0.15) is 0 Å². The fraction of sp³-hybridized carbons (Fsp3) is 0.412. The zero-order chi connectivity index (χ0) is 15.5. The summed E-state index contributed by atoms with van der Waals surface area (Å²) in [6.45, 7) is 4.71. The number of rotatable bonds is 3. The number of benzene rings is 1. The molecule has 0 unspecified atom stereocenters. The van der Waals surface area contributed by atoms with E-state index in [0.717, 1.165) is 42.9 Å². The number of likely N-dealkylation sites (tertiary alicyclic amines) is 1. The predicted octanol–water partition coefficient (Wildman–Crippen LogP) is 3.91. The van der Waals surface area contributed by atoms with Crippen LogP contribution in [0.1, 0.15) is 42.8 Å². The standard InChI is InChI=1S/C17H21N3O2/c1-3-13-6-4-7-14(11-13)18-17(21)20-9-5-8-16(20)15-10-12(2)22-19-15/h4,6-7,10-11,16H,3,5,8-9H2,1-2H3,(H,18,21)/t16-/m0/s1. The van der Waals surface area contributed by atoms with Crippen molar-refractivity contribution in [3.63, 3.8) is 0 Å². The maximum absolute atomic E-state index is 12.6. The molecule has 0 bridgehead atoms. The smallest absolute Gasteiger partial charge is 0.322 e. The van der Waals surface area contributed by atoms with Gasteiger partial charge in [-0.05, 0) is 43.9 Å². The van der Waals surface area contributed by atoms with Crippen molar-refractivity contribution in [2.75, 3.05) is 11.9 Å². The minimum absolute atomic E-state index is 0.00630. The summed E-state index contributed by atoms with van der Waals surface area (Å²) in [4.78, 5) is 14.4. The summed E-state index contributed by atoms with van der Waals surface area (Å²) in [7, 11) is 0. The van der Waals surface area contributed by atoms with Crippen molar-refractivity contribution in [3.05, 3.63) is 47.3 Å². The Balaban J connectivity index is 1.73. The van der Waals surface area contributed by atoms with Crippen LogP contribution in [0.3, 0.4) is 0 Å². The molecule has 1 aliphatic heterocycles. The third-order valence-corrected chi connectivity index (χ3v) is 4.09. The summed E-state index contributed by atoms with van der Waals surface area (Å²) in [5.41, 5.74) is 2.89. The van der Waals surface area contributed by atoms with Crippen molar-refractivity contribution in [2.24, 2.45) is 0 Å². The molecule has 116 valence electrons. The van der Waals surface area contributed by atoms with Crippen LogP contribution in [0.15, 0.2) is 34.9 Å². The average molecular weight is 299 g/mol. The van der Waals surface area contributed by atoms with Crippen LogP contribution < -0.4 is 5.32 Å². The molecule has 5 heteroatoms. The second kappa shape index (κ2) is 6.22. The van der Waals surface area contributed by atoms with Gasteiger partial charge in [0.05, 0.1) is 6.04 Å². The zero-order valence-corrected chi connectivity index (χ0v) is 13.0. The molecule has 2 heterocycles. The van der Waals surface area contributed by atoms with Crippen molar-refractivity contribution in [1.82, 2.24) is 10.1 Å². The van der Waals surface area contributed by atoms with Crippen LogP contribution in [0.5, 0.6) is 0 Å². The number of nitrogens with zero attached hydrogens (tertiary/aromatic N) is 2. The van der Waals surface area contributed by atoms with Gasteiger partial charge in [0, 0.05) is 18.3 Å². The predicted molar refractivity (Wildman–Crippen MR) is 84.8 cm³/mol. The highest BCUT2D eigenvalue weighted by atomic mass is 16.5. The molecule has 1 aromatic heterocycles. The van der Waals surface area contributed by atoms with Crippen LogP contribution in [0, 0.1) is 6.92 Å². The second-order valence-electron chi connectivity index (χ2n) is 5.70. The number of urea groups is 1. The van der Waals surface area contributed by atoms with Gasteiger partial charge in [-0.1, -0.05) is 24.2 Å². The first kappa shape index (κ1) is 14.6. The van der Waals surface area contributed by atoms with Gasteiger partial charge in [0.1, 0.15) is 11.5 Å². The van der Waals surface area contributed by atoms with Gasteiger partial charge in [0.15, 0.2) is 0 Å². The summed E-state index contributed by atoms with van der Waals surface area (Å²) in [5, 5.41) is 7.06. The Morgan fingerprint density at radius 3 is 3.05 bits per heavy atom. The Kier molecular flexibility index (Phi) is 4.13. The third kappa shape index (κ3) is 2.98. The molecule has 0 radical (unpaired) electrons. The molecule has 3 rings (SSSR count). The highest BCUT2D eigenvalue weighted by Gasteiger charge is 2.32. The molecule has 22 heavy (non-hydrogen) atoms. The van der Waals surface area contributed by atoms with Crippen LogP contribution in [0.25, 0.3) is 0 Å². The van der Waals surface area contributed by atoms with Gasteiger partial charge >= 0.3 is 6.03 Å². The van der Waals surface area contributed by atoms with E-state index < -0.39 is 0 Å². The average Bonchev–Trinajstić information content (AvgIpc) is 3.15. The number of anilines is 1. The first-order chi connectivity index (χ1) is 10.7. The summed E-state index contributed by atoms with van der Waals surface area (Å²) >= 11 is 0. The Bertz CT molecular complexity index is 665. The Labute approximate surface area is 130 Å². The minimum atomic E-state index is -0.0728. The zero-order valence-electron chi connectivity index (χ0n) is 13.0. The van der Waals surface area contributed by atoms with Gasteiger partial charge in [-0.3, -0.25) is 0 Å². The van der Waals surface area contributed by atoms with Crippen LogP contribution in [-0.4, -0.2) is 22.6 Å². The summed E-state index contributed by atoms with van der Waals surface area (Å²) in [6, 6.07) is 9.81. The molecule has 5 nitrogen and oxygen atoms in total. The van der Waals surface area contributed by atoms with E-state index in [-0.39, 0.29) is 12.1 Å². The SMILES string of the molecule is CCc1cccc(NC(=O)N2CCC[C@H]2c2cc(C)on2)c1. The summed E-state index contributed by atoms with van der Waals surface area (Å²) in [5.74, 6) is 0.776. The molecular formula is C17H21N3O2. The van der Waals surface area contributed by atoms with E-state index in [2.05, 4.69) is 23.5 Å². The number of aryl methyl sites for hydroxylation is 2. The van der Waals surface area contributed by atoms with E-state index in [1.165, 1.54) is 5.56 Å². The normalized spacial score (nSPS) is 17.7. The first-order valence-corrected chi connectivity index (χ1v) is 7.77. The van der Waals surface area contributed by atoms with Crippen molar-refractivity contribution in [3.8, 4) is 0 Å². The minimum Gasteiger partial charge on any atom is -0.361 e. The van der Waals surface area contributed by atoms with Crippen LogP contribution in [0.4, 0.5) is 10.5 Å². The van der Waals surface area contributed by atoms with Gasteiger partial charge in [-0.15, -0.1) is 0 Å². The number of amides is 2. The van der Waals surface area contributed by atoms with Crippen molar-refractivity contribution >= 4 is 11.7 Å². The van der Waals surface area contributed by atoms with Crippen molar-refractivity contribution in [2.45, 2.75) is 39.2 Å².